The first-order valence-corrected chi connectivity index (χ1v) is 9.66. The highest BCUT2D eigenvalue weighted by atomic mass is 19.1. The summed E-state index contributed by atoms with van der Waals surface area (Å²) in [5, 5.41) is 13.2. The molecule has 0 aliphatic heterocycles. The first kappa shape index (κ1) is 20.8. The summed E-state index contributed by atoms with van der Waals surface area (Å²) in [5.41, 5.74) is 2.94. The van der Waals surface area contributed by atoms with E-state index in [1.807, 2.05) is 18.2 Å². The van der Waals surface area contributed by atoms with Crippen molar-refractivity contribution in [1.29, 1.82) is 0 Å². The van der Waals surface area contributed by atoms with Crippen LogP contribution in [0.2, 0.25) is 0 Å². The fourth-order valence-electron chi connectivity index (χ4n) is 3.28. The van der Waals surface area contributed by atoms with Gasteiger partial charge in [-0.25, -0.2) is 4.39 Å². The van der Waals surface area contributed by atoms with Crippen molar-refractivity contribution in [2.24, 2.45) is 0 Å². The third-order valence-electron chi connectivity index (χ3n) is 4.89. The number of hydrogen-bond donors (Lipinski definition) is 3. The predicted molar refractivity (Wildman–Crippen MR) is 121 cm³/mol. The number of nitrogens with one attached hydrogen (secondary N) is 3. The van der Waals surface area contributed by atoms with Gasteiger partial charge in [0.25, 0.3) is 5.91 Å². The number of anilines is 2. The third-order valence-corrected chi connectivity index (χ3v) is 4.89. The lowest BCUT2D eigenvalue weighted by molar-refractivity contribution is -0.111. The minimum atomic E-state index is -0.437. The lowest BCUT2D eigenvalue weighted by Crippen LogP contribution is -2.17. The number of aromatic amines is 1. The van der Waals surface area contributed by atoms with Gasteiger partial charge in [0, 0.05) is 5.39 Å². The van der Waals surface area contributed by atoms with Crippen LogP contribution in [0.15, 0.2) is 73.3 Å². The Morgan fingerprint density at radius 1 is 1.06 bits per heavy atom. The maximum Gasteiger partial charge on any atom is 0.258 e. The molecule has 0 saturated heterocycles. The van der Waals surface area contributed by atoms with E-state index in [0.717, 1.165) is 17.2 Å². The number of H-pyrrole nitrogens is 1. The van der Waals surface area contributed by atoms with E-state index in [9.17, 15) is 14.0 Å². The first-order valence-electron chi connectivity index (χ1n) is 9.66. The largest absolute Gasteiger partial charge is 0.494 e. The number of para-hydroxylation sites is 1. The highest BCUT2D eigenvalue weighted by molar-refractivity contribution is 6.13. The van der Waals surface area contributed by atoms with Gasteiger partial charge in [-0.3, -0.25) is 14.7 Å². The fourth-order valence-corrected chi connectivity index (χ4v) is 3.28. The number of rotatable bonds is 6. The monoisotopic (exact) mass is 430 g/mol. The van der Waals surface area contributed by atoms with Crippen LogP contribution in [0.3, 0.4) is 0 Å². The summed E-state index contributed by atoms with van der Waals surface area (Å²) < 4.78 is 18.8. The van der Waals surface area contributed by atoms with E-state index >= 15 is 0 Å². The molecule has 4 aromatic rings. The zero-order chi connectivity index (χ0) is 22.7. The molecule has 0 bridgehead atoms. The van der Waals surface area contributed by atoms with Crippen LogP contribution in [0.1, 0.15) is 10.4 Å². The molecule has 0 spiro atoms. The molecule has 0 fully saturated rings. The van der Waals surface area contributed by atoms with Crippen molar-refractivity contribution in [3.63, 3.8) is 0 Å². The zero-order valence-electron chi connectivity index (χ0n) is 17.1. The van der Waals surface area contributed by atoms with Gasteiger partial charge >= 0.3 is 0 Å². The minimum Gasteiger partial charge on any atom is -0.494 e. The molecule has 0 aliphatic rings. The molecule has 1 aromatic heterocycles. The maximum atomic E-state index is 13.7. The van der Waals surface area contributed by atoms with Crippen LogP contribution in [0.4, 0.5) is 15.9 Å². The first-order chi connectivity index (χ1) is 15.5. The second-order valence-electron chi connectivity index (χ2n) is 6.87. The number of ether oxygens (including phenoxy) is 1. The standard InChI is InChI=1S/C24H19FN4O3/c1-3-22(30)26-19-7-5-4-6-17(19)24(31)27-23-16-10-8-14(12-20(16)28-29-23)15-9-11-18(25)21(13-15)32-2/h3-13H,1H2,2H3,(H,26,30)(H2,27,28,29,31). The number of carbonyl (C=O) groups excluding carboxylic acids is 2. The molecule has 32 heavy (non-hydrogen) atoms. The summed E-state index contributed by atoms with van der Waals surface area (Å²) in [6, 6.07) is 16.8. The van der Waals surface area contributed by atoms with Crippen molar-refractivity contribution in [3.8, 4) is 16.9 Å². The van der Waals surface area contributed by atoms with Gasteiger partial charge in [0.05, 0.1) is 23.9 Å². The van der Waals surface area contributed by atoms with E-state index in [0.29, 0.717) is 22.4 Å². The van der Waals surface area contributed by atoms with Gasteiger partial charge in [-0.05, 0) is 53.6 Å². The van der Waals surface area contributed by atoms with Crippen molar-refractivity contribution in [2.75, 3.05) is 17.7 Å². The fraction of sp³-hybridized carbons (Fsp3) is 0.0417. The van der Waals surface area contributed by atoms with Gasteiger partial charge in [0.1, 0.15) is 0 Å². The summed E-state index contributed by atoms with van der Waals surface area (Å²) in [7, 11) is 1.41. The van der Waals surface area contributed by atoms with Crippen molar-refractivity contribution >= 4 is 34.2 Å². The van der Waals surface area contributed by atoms with Crippen LogP contribution in [-0.4, -0.2) is 29.1 Å². The van der Waals surface area contributed by atoms with Crippen molar-refractivity contribution in [2.45, 2.75) is 0 Å². The number of carbonyl (C=O) groups is 2. The molecule has 0 unspecified atom stereocenters. The third kappa shape index (κ3) is 4.06. The average Bonchev–Trinajstić information content (AvgIpc) is 3.21. The van der Waals surface area contributed by atoms with Gasteiger partial charge in [-0.1, -0.05) is 30.8 Å². The SMILES string of the molecule is C=CC(=O)Nc1ccccc1C(=O)Nc1n[nH]c2cc(-c3ccc(F)c(OC)c3)ccc12. The Balaban J connectivity index is 1.61. The molecule has 0 atom stereocenters. The number of benzene rings is 3. The van der Waals surface area contributed by atoms with Gasteiger partial charge < -0.3 is 15.4 Å². The molecular formula is C24H19FN4O3. The number of methoxy groups -OCH3 is 1. The number of hydrogen-bond acceptors (Lipinski definition) is 4. The summed E-state index contributed by atoms with van der Waals surface area (Å²) in [5.74, 6) is -0.778. The van der Waals surface area contributed by atoms with Gasteiger partial charge in [0.15, 0.2) is 17.4 Å². The molecular weight excluding hydrogens is 411 g/mol. The Hall–Kier alpha value is -4.46. The number of halogens is 1. The number of fused-ring (bicyclic) bond motifs is 1. The Kier molecular flexibility index (Phi) is 5.67. The smallest absolute Gasteiger partial charge is 0.258 e. The van der Waals surface area contributed by atoms with Crippen LogP contribution < -0.4 is 15.4 Å². The molecule has 4 rings (SSSR count). The highest BCUT2D eigenvalue weighted by Gasteiger charge is 2.16. The van der Waals surface area contributed by atoms with Crippen molar-refractivity contribution in [3.05, 3.63) is 84.7 Å². The van der Waals surface area contributed by atoms with E-state index in [1.165, 1.54) is 13.2 Å². The lowest BCUT2D eigenvalue weighted by Gasteiger charge is -2.09. The average molecular weight is 430 g/mol. The van der Waals surface area contributed by atoms with Gasteiger partial charge in [0.2, 0.25) is 5.91 Å². The Bertz CT molecular complexity index is 1350. The molecule has 7 nitrogen and oxygen atoms in total. The van der Waals surface area contributed by atoms with E-state index in [1.54, 1.807) is 36.4 Å². The summed E-state index contributed by atoms with van der Waals surface area (Å²) in [6.45, 7) is 3.42. The molecule has 0 saturated carbocycles. The van der Waals surface area contributed by atoms with Crippen molar-refractivity contribution < 1.29 is 18.7 Å². The number of amides is 2. The van der Waals surface area contributed by atoms with E-state index in [2.05, 4.69) is 27.4 Å². The maximum absolute atomic E-state index is 13.7. The second kappa shape index (κ2) is 8.73. The predicted octanol–water partition coefficient (Wildman–Crippen LogP) is 4.75. The Morgan fingerprint density at radius 3 is 2.59 bits per heavy atom. The molecule has 0 aliphatic carbocycles. The van der Waals surface area contributed by atoms with Crippen LogP contribution in [0.25, 0.3) is 22.0 Å². The quantitative estimate of drug-likeness (QED) is 0.385. The molecule has 160 valence electrons. The molecule has 3 aromatic carbocycles. The van der Waals surface area contributed by atoms with Gasteiger partial charge in [-0.15, -0.1) is 0 Å². The summed E-state index contributed by atoms with van der Waals surface area (Å²) >= 11 is 0. The van der Waals surface area contributed by atoms with Crippen LogP contribution in [0.5, 0.6) is 5.75 Å². The normalized spacial score (nSPS) is 10.6. The van der Waals surface area contributed by atoms with E-state index in [-0.39, 0.29) is 11.3 Å². The summed E-state index contributed by atoms with van der Waals surface area (Å²) in [4.78, 5) is 24.5. The van der Waals surface area contributed by atoms with E-state index in [4.69, 9.17) is 4.74 Å². The molecule has 2 amide bonds. The molecule has 1 heterocycles. The topological polar surface area (TPSA) is 96.1 Å². The number of aromatic nitrogens is 2. The lowest BCUT2D eigenvalue weighted by atomic mass is 10.0. The zero-order valence-corrected chi connectivity index (χ0v) is 17.1. The van der Waals surface area contributed by atoms with Gasteiger partial charge in [-0.2, -0.15) is 5.10 Å². The second-order valence-corrected chi connectivity index (χ2v) is 6.87. The van der Waals surface area contributed by atoms with Crippen LogP contribution in [0, 0.1) is 5.82 Å². The minimum absolute atomic E-state index is 0.155. The van der Waals surface area contributed by atoms with Crippen molar-refractivity contribution in [1.82, 2.24) is 10.2 Å². The summed E-state index contributed by atoms with van der Waals surface area (Å²) in [6.07, 6.45) is 1.13. The molecule has 3 N–H and O–H groups in total. The van der Waals surface area contributed by atoms with Crippen LogP contribution >= 0.6 is 0 Å². The number of nitrogens with zero attached hydrogens (tertiary/aromatic N) is 1. The highest BCUT2D eigenvalue weighted by Crippen LogP contribution is 2.30. The van der Waals surface area contributed by atoms with Crippen LogP contribution in [-0.2, 0) is 4.79 Å². The Labute approximate surface area is 182 Å². The van der Waals surface area contributed by atoms with E-state index < -0.39 is 17.6 Å². The molecule has 0 radical (unpaired) electrons. The Morgan fingerprint density at radius 2 is 1.81 bits per heavy atom. The molecule has 8 heteroatoms.